The molecule has 0 radical (unpaired) electrons. The van der Waals surface area contributed by atoms with Gasteiger partial charge in [-0.25, -0.2) is 9.69 Å². The predicted octanol–water partition coefficient (Wildman–Crippen LogP) is 4.41. The number of alkyl halides is 3. The van der Waals surface area contributed by atoms with Crippen molar-refractivity contribution in [3.63, 3.8) is 0 Å². The van der Waals surface area contributed by atoms with Crippen LogP contribution in [0.2, 0.25) is 10.0 Å². The molecule has 0 saturated carbocycles. The van der Waals surface area contributed by atoms with E-state index in [2.05, 4.69) is 4.74 Å². The summed E-state index contributed by atoms with van der Waals surface area (Å²) < 4.78 is 41.0. The van der Waals surface area contributed by atoms with E-state index >= 15 is 0 Å². The van der Waals surface area contributed by atoms with Gasteiger partial charge < -0.3 is 14.7 Å². The van der Waals surface area contributed by atoms with E-state index in [0.717, 1.165) is 17.0 Å². The summed E-state index contributed by atoms with van der Waals surface area (Å²) in [6.07, 6.45) is -5.74. The maximum absolute atomic E-state index is 13.4. The Bertz CT molecular complexity index is 1030. The highest BCUT2D eigenvalue weighted by atomic mass is 35.5. The lowest BCUT2D eigenvalue weighted by atomic mass is 9.87. The molecule has 2 heterocycles. The van der Waals surface area contributed by atoms with Crippen LogP contribution in [-0.2, 0) is 11.2 Å². The molecule has 164 valence electrons. The third kappa shape index (κ3) is 4.05. The predicted molar refractivity (Wildman–Crippen MR) is 106 cm³/mol. The second-order valence-electron chi connectivity index (χ2n) is 7.42. The van der Waals surface area contributed by atoms with Crippen molar-refractivity contribution in [1.82, 2.24) is 4.90 Å². The van der Waals surface area contributed by atoms with Gasteiger partial charge in [0.2, 0.25) is 0 Å². The highest BCUT2D eigenvalue weighted by Crippen LogP contribution is 2.43. The van der Waals surface area contributed by atoms with Crippen molar-refractivity contribution >= 4 is 40.8 Å². The number of aliphatic hydroxyl groups excluding tert-OH is 1. The standard InChI is InChI=1S/C20H15Cl2F3N2O4/c21-12-5-13(22)7-14(6-12)27-17(29)19(9-15(28)10-26(19)18(27)30)8-11-1-3-16(4-2-11)31-20(23,24)25/h1-7,15,28H,8-10H2/t15-,19+/m1/s1. The SMILES string of the molecule is O=C1N(c2cc(Cl)cc(Cl)c2)C(=O)[C@]2(Cc3ccc(OC(F)(F)F)cc3)C[C@@H](O)CN12. The van der Waals surface area contributed by atoms with Crippen molar-refractivity contribution in [3.8, 4) is 5.75 Å². The molecule has 3 amide bonds. The number of rotatable bonds is 4. The van der Waals surface area contributed by atoms with E-state index in [9.17, 15) is 27.9 Å². The number of ether oxygens (including phenoxy) is 1. The number of hydrogen-bond donors (Lipinski definition) is 1. The van der Waals surface area contributed by atoms with E-state index in [-0.39, 0.29) is 35.1 Å². The van der Waals surface area contributed by atoms with Crippen LogP contribution in [0.15, 0.2) is 42.5 Å². The van der Waals surface area contributed by atoms with Crippen molar-refractivity contribution in [2.24, 2.45) is 0 Å². The van der Waals surface area contributed by atoms with E-state index in [1.165, 1.54) is 35.2 Å². The van der Waals surface area contributed by atoms with Gasteiger partial charge in [-0.3, -0.25) is 4.79 Å². The minimum atomic E-state index is -4.82. The van der Waals surface area contributed by atoms with Gasteiger partial charge in [-0.1, -0.05) is 35.3 Å². The maximum atomic E-state index is 13.4. The van der Waals surface area contributed by atoms with E-state index in [4.69, 9.17) is 23.2 Å². The molecular formula is C20H15Cl2F3N2O4. The van der Waals surface area contributed by atoms with Crippen LogP contribution in [-0.4, -0.2) is 46.5 Å². The summed E-state index contributed by atoms with van der Waals surface area (Å²) in [5.41, 5.74) is -0.678. The number of urea groups is 1. The lowest BCUT2D eigenvalue weighted by Gasteiger charge is -2.28. The zero-order valence-corrected chi connectivity index (χ0v) is 17.2. The number of carbonyl (C=O) groups excluding carboxylic acids is 2. The van der Waals surface area contributed by atoms with E-state index < -0.39 is 35.7 Å². The van der Waals surface area contributed by atoms with Gasteiger partial charge in [0.1, 0.15) is 11.3 Å². The molecule has 2 aliphatic heterocycles. The number of carbonyl (C=O) groups is 2. The molecule has 2 saturated heterocycles. The summed E-state index contributed by atoms with van der Waals surface area (Å²) >= 11 is 12.0. The zero-order chi connectivity index (χ0) is 22.6. The first-order chi connectivity index (χ1) is 14.5. The molecule has 11 heteroatoms. The van der Waals surface area contributed by atoms with Crippen LogP contribution < -0.4 is 9.64 Å². The molecule has 4 rings (SSSR count). The molecule has 0 bridgehead atoms. The second-order valence-corrected chi connectivity index (χ2v) is 8.29. The molecule has 2 fully saturated rings. The van der Waals surface area contributed by atoms with Crippen molar-refractivity contribution < 1.29 is 32.6 Å². The second kappa shape index (κ2) is 7.58. The lowest BCUT2D eigenvalue weighted by Crippen LogP contribution is -2.47. The Labute approximate surface area is 184 Å². The van der Waals surface area contributed by atoms with Crippen LogP contribution in [0.5, 0.6) is 5.75 Å². The van der Waals surface area contributed by atoms with Gasteiger partial charge in [0, 0.05) is 29.4 Å². The molecule has 31 heavy (non-hydrogen) atoms. The Kier molecular flexibility index (Phi) is 5.31. The number of aliphatic hydroxyl groups is 1. The number of fused-ring (bicyclic) bond motifs is 1. The Hall–Kier alpha value is -2.49. The van der Waals surface area contributed by atoms with E-state index in [1.807, 2.05) is 0 Å². The number of benzene rings is 2. The highest BCUT2D eigenvalue weighted by molar-refractivity contribution is 6.35. The Morgan fingerprint density at radius 1 is 1.10 bits per heavy atom. The average molecular weight is 475 g/mol. The van der Waals surface area contributed by atoms with Crippen LogP contribution in [0.1, 0.15) is 12.0 Å². The summed E-state index contributed by atoms with van der Waals surface area (Å²) in [6.45, 7) is -0.0510. The van der Waals surface area contributed by atoms with Crippen molar-refractivity contribution in [1.29, 1.82) is 0 Å². The first-order valence-electron chi connectivity index (χ1n) is 9.13. The average Bonchev–Trinajstić information content (AvgIpc) is 3.07. The number of amides is 3. The molecule has 0 unspecified atom stereocenters. The number of anilines is 1. The summed E-state index contributed by atoms with van der Waals surface area (Å²) in [6, 6.07) is 8.72. The molecule has 0 spiro atoms. The fourth-order valence-corrected chi connectivity index (χ4v) is 4.63. The number of halogens is 5. The van der Waals surface area contributed by atoms with Gasteiger partial charge in [0.25, 0.3) is 5.91 Å². The normalized spacial score (nSPS) is 23.5. The topological polar surface area (TPSA) is 70.1 Å². The zero-order valence-electron chi connectivity index (χ0n) is 15.7. The van der Waals surface area contributed by atoms with Gasteiger partial charge in [0.15, 0.2) is 0 Å². The number of nitrogens with zero attached hydrogens (tertiary/aromatic N) is 2. The fourth-order valence-electron chi connectivity index (χ4n) is 4.12. The third-order valence-corrected chi connectivity index (χ3v) is 5.70. The number of imide groups is 1. The van der Waals surface area contributed by atoms with Crippen molar-refractivity contribution in [2.75, 3.05) is 11.4 Å². The van der Waals surface area contributed by atoms with Crippen LogP contribution in [0.25, 0.3) is 0 Å². The molecule has 6 nitrogen and oxygen atoms in total. The molecule has 2 aliphatic rings. The monoisotopic (exact) mass is 474 g/mol. The first-order valence-corrected chi connectivity index (χ1v) is 9.89. The highest BCUT2D eigenvalue weighted by Gasteiger charge is 2.62. The van der Waals surface area contributed by atoms with Gasteiger partial charge in [-0.2, -0.15) is 0 Å². The number of β-amino-alcohol motifs (C(OH)–C–C–N with tert-alkyl or cyclic N) is 1. The van der Waals surface area contributed by atoms with Crippen LogP contribution >= 0.6 is 23.2 Å². The van der Waals surface area contributed by atoms with Crippen molar-refractivity contribution in [3.05, 3.63) is 58.1 Å². The number of hydrogen-bond acceptors (Lipinski definition) is 4. The molecule has 2 aromatic rings. The Morgan fingerprint density at radius 2 is 1.71 bits per heavy atom. The molecule has 0 aliphatic carbocycles. The molecule has 1 N–H and O–H groups in total. The maximum Gasteiger partial charge on any atom is 0.573 e. The molecular weight excluding hydrogens is 460 g/mol. The first kappa shape index (κ1) is 21.7. The van der Waals surface area contributed by atoms with E-state index in [0.29, 0.717) is 5.56 Å². The summed E-state index contributed by atoms with van der Waals surface area (Å²) in [5, 5.41) is 10.7. The molecule has 0 aromatic heterocycles. The minimum absolute atomic E-state index is 0.00568. The van der Waals surface area contributed by atoms with Gasteiger partial charge >= 0.3 is 12.4 Å². The summed E-state index contributed by atoms with van der Waals surface area (Å²) in [4.78, 5) is 28.8. The summed E-state index contributed by atoms with van der Waals surface area (Å²) in [5.74, 6) is -0.968. The fraction of sp³-hybridized carbons (Fsp3) is 0.300. The molecule has 2 aromatic carbocycles. The minimum Gasteiger partial charge on any atom is -0.406 e. The molecule has 2 atom stereocenters. The van der Waals surface area contributed by atoms with Gasteiger partial charge in [-0.15, -0.1) is 13.2 Å². The van der Waals surface area contributed by atoms with Crippen LogP contribution in [0.3, 0.4) is 0 Å². The van der Waals surface area contributed by atoms with Gasteiger partial charge in [-0.05, 0) is 35.9 Å². The van der Waals surface area contributed by atoms with Crippen molar-refractivity contribution in [2.45, 2.75) is 30.8 Å². The van der Waals surface area contributed by atoms with Gasteiger partial charge in [0.05, 0.1) is 11.8 Å². The van der Waals surface area contributed by atoms with E-state index in [1.54, 1.807) is 0 Å². The van der Waals surface area contributed by atoms with Crippen LogP contribution in [0.4, 0.5) is 23.7 Å². The summed E-state index contributed by atoms with van der Waals surface area (Å²) in [7, 11) is 0. The largest absolute Gasteiger partial charge is 0.573 e. The smallest absolute Gasteiger partial charge is 0.406 e. The Morgan fingerprint density at radius 3 is 2.29 bits per heavy atom. The van der Waals surface area contributed by atoms with Crippen LogP contribution in [0, 0.1) is 0 Å². The third-order valence-electron chi connectivity index (χ3n) is 5.27. The Balaban J connectivity index is 1.66. The lowest BCUT2D eigenvalue weighted by molar-refractivity contribution is -0.274. The quantitative estimate of drug-likeness (QED) is 0.666.